The summed E-state index contributed by atoms with van der Waals surface area (Å²) in [7, 11) is -3.94. The van der Waals surface area contributed by atoms with Crippen LogP contribution in [0.5, 0.6) is 5.75 Å². The predicted octanol–water partition coefficient (Wildman–Crippen LogP) is 4.04. The van der Waals surface area contributed by atoms with E-state index in [9.17, 15) is 13.2 Å². The number of pyridine rings is 1. The molecule has 5 aromatic rings. The van der Waals surface area contributed by atoms with Gasteiger partial charge >= 0.3 is 10.1 Å². The third-order valence-electron chi connectivity index (χ3n) is 4.95. The van der Waals surface area contributed by atoms with Gasteiger partial charge in [-0.1, -0.05) is 30.3 Å². The monoisotopic (exact) mass is 471 g/mol. The van der Waals surface area contributed by atoms with Crippen LogP contribution in [0.2, 0.25) is 0 Å². The molecule has 10 heteroatoms. The first-order chi connectivity index (χ1) is 16.5. The number of amides is 1. The van der Waals surface area contributed by atoms with E-state index in [-0.39, 0.29) is 16.6 Å². The molecule has 0 aliphatic heterocycles. The first-order valence-electron chi connectivity index (χ1n) is 10.2. The Morgan fingerprint density at radius 1 is 0.853 bits per heavy atom. The van der Waals surface area contributed by atoms with Crippen molar-refractivity contribution in [3.8, 4) is 17.0 Å². The molecule has 2 heterocycles. The van der Waals surface area contributed by atoms with Gasteiger partial charge in [0, 0.05) is 16.8 Å². The maximum Gasteiger partial charge on any atom is 0.339 e. The van der Waals surface area contributed by atoms with Crippen LogP contribution in [0.25, 0.3) is 22.4 Å². The van der Waals surface area contributed by atoms with E-state index >= 15 is 0 Å². The zero-order chi connectivity index (χ0) is 23.5. The van der Waals surface area contributed by atoms with Crippen LogP contribution in [-0.4, -0.2) is 34.7 Å². The zero-order valence-corrected chi connectivity index (χ0v) is 18.4. The lowest BCUT2D eigenvalue weighted by Crippen LogP contribution is -2.12. The van der Waals surface area contributed by atoms with E-state index in [1.165, 1.54) is 24.3 Å². The van der Waals surface area contributed by atoms with Crippen molar-refractivity contribution in [2.45, 2.75) is 4.90 Å². The molecule has 5 rings (SSSR count). The maximum absolute atomic E-state index is 12.8. The number of fused-ring (bicyclic) bond motifs is 1. The average Bonchev–Trinajstić information content (AvgIpc) is 3.34. The van der Waals surface area contributed by atoms with Crippen LogP contribution >= 0.6 is 0 Å². The number of hydrogen-bond acceptors (Lipinski definition) is 7. The number of hydrogen-bond donors (Lipinski definition) is 2. The lowest BCUT2D eigenvalue weighted by Gasteiger charge is -2.09. The highest BCUT2D eigenvalue weighted by atomic mass is 32.2. The molecule has 0 aliphatic carbocycles. The van der Waals surface area contributed by atoms with Crippen LogP contribution in [0.4, 0.5) is 5.69 Å². The topological polar surface area (TPSA) is 127 Å². The first-order valence-corrected chi connectivity index (χ1v) is 11.6. The molecule has 0 spiro atoms. The molecule has 0 aliphatic rings. The van der Waals surface area contributed by atoms with Gasteiger partial charge in [-0.15, -0.1) is 5.10 Å². The highest BCUT2D eigenvalue weighted by molar-refractivity contribution is 7.87. The smallest absolute Gasteiger partial charge is 0.339 e. The summed E-state index contributed by atoms with van der Waals surface area (Å²) in [4.78, 5) is 17.3. The molecule has 34 heavy (non-hydrogen) atoms. The second kappa shape index (κ2) is 8.75. The quantitative estimate of drug-likeness (QED) is 0.358. The highest BCUT2D eigenvalue weighted by Crippen LogP contribution is 2.23. The maximum atomic E-state index is 12.8. The van der Waals surface area contributed by atoms with Crippen molar-refractivity contribution in [2.75, 3.05) is 5.32 Å². The van der Waals surface area contributed by atoms with Crippen LogP contribution in [0.3, 0.4) is 0 Å². The fourth-order valence-electron chi connectivity index (χ4n) is 3.28. The van der Waals surface area contributed by atoms with Crippen LogP contribution in [0.15, 0.2) is 95.9 Å². The zero-order valence-electron chi connectivity index (χ0n) is 17.5. The van der Waals surface area contributed by atoms with Gasteiger partial charge in [-0.25, -0.2) is 4.98 Å². The van der Waals surface area contributed by atoms with Gasteiger partial charge in [0.25, 0.3) is 5.91 Å². The van der Waals surface area contributed by atoms with Gasteiger partial charge in [0.15, 0.2) is 0 Å². The first kappa shape index (κ1) is 21.3. The van der Waals surface area contributed by atoms with E-state index < -0.39 is 10.1 Å². The van der Waals surface area contributed by atoms with Gasteiger partial charge < -0.3 is 9.50 Å². The van der Waals surface area contributed by atoms with Crippen molar-refractivity contribution in [2.24, 2.45) is 0 Å². The lowest BCUT2D eigenvalue weighted by atomic mass is 10.1. The molecule has 2 aromatic heterocycles. The van der Waals surface area contributed by atoms with E-state index in [2.05, 4.69) is 25.7 Å². The number of nitrogens with zero attached hydrogens (tertiary/aromatic N) is 3. The van der Waals surface area contributed by atoms with Gasteiger partial charge in [-0.05, 0) is 60.7 Å². The van der Waals surface area contributed by atoms with E-state index in [0.717, 1.165) is 5.56 Å². The van der Waals surface area contributed by atoms with Crippen LogP contribution in [0, 0.1) is 0 Å². The molecular weight excluding hydrogens is 454 g/mol. The Bertz CT molecular complexity index is 1580. The molecule has 0 fully saturated rings. The predicted molar refractivity (Wildman–Crippen MR) is 126 cm³/mol. The number of H-pyrrole nitrogens is 1. The summed E-state index contributed by atoms with van der Waals surface area (Å²) in [6, 6.07) is 24.6. The molecule has 3 aromatic carbocycles. The molecule has 0 atom stereocenters. The van der Waals surface area contributed by atoms with Crippen molar-refractivity contribution >= 4 is 32.9 Å². The van der Waals surface area contributed by atoms with Gasteiger partial charge in [0.2, 0.25) is 5.65 Å². The number of aromatic amines is 1. The lowest BCUT2D eigenvalue weighted by molar-refractivity contribution is 0.102. The second-order valence-electron chi connectivity index (χ2n) is 7.27. The second-order valence-corrected chi connectivity index (χ2v) is 8.82. The minimum Gasteiger partial charge on any atom is -0.379 e. The number of carbonyl (C=O) groups is 1. The number of aromatic nitrogens is 4. The van der Waals surface area contributed by atoms with Crippen molar-refractivity contribution in [1.82, 2.24) is 20.4 Å². The molecular formula is C24H17N5O4S. The number of carbonyl (C=O) groups excluding carboxylic acids is 1. The number of anilines is 1. The van der Waals surface area contributed by atoms with Crippen LogP contribution < -0.4 is 9.50 Å². The van der Waals surface area contributed by atoms with E-state index in [0.29, 0.717) is 28.1 Å². The SMILES string of the molecule is O=C(Nc1ccc(OS(=O)(=O)c2ccccc2)cc1)c1cccc(-c2ccc3n[nH]nc3n2)c1. The van der Waals surface area contributed by atoms with Gasteiger partial charge in [-0.3, -0.25) is 4.79 Å². The van der Waals surface area contributed by atoms with Gasteiger partial charge in [0.1, 0.15) is 16.2 Å². The Hall–Kier alpha value is -4.57. The molecule has 168 valence electrons. The molecule has 2 N–H and O–H groups in total. The van der Waals surface area contributed by atoms with E-state index in [4.69, 9.17) is 4.18 Å². The standard InChI is InChI=1S/C24H17N5O4S/c30-24(17-6-4-5-16(15-17)21-13-14-22-23(26-21)28-29-27-22)25-18-9-11-19(12-10-18)33-34(31,32)20-7-2-1-3-8-20/h1-15H,(H,25,30)(H,26,27,28,29). The summed E-state index contributed by atoms with van der Waals surface area (Å²) < 4.78 is 29.9. The number of rotatable bonds is 6. The Morgan fingerprint density at radius 2 is 1.65 bits per heavy atom. The summed E-state index contributed by atoms with van der Waals surface area (Å²) in [6.07, 6.45) is 0. The molecule has 0 saturated carbocycles. The largest absolute Gasteiger partial charge is 0.379 e. The van der Waals surface area contributed by atoms with Crippen molar-refractivity contribution in [3.05, 3.63) is 96.6 Å². The summed E-state index contributed by atoms with van der Waals surface area (Å²) in [6.45, 7) is 0. The van der Waals surface area contributed by atoms with Crippen molar-refractivity contribution in [3.63, 3.8) is 0 Å². The fraction of sp³-hybridized carbons (Fsp3) is 0. The van der Waals surface area contributed by atoms with Crippen molar-refractivity contribution < 1.29 is 17.4 Å². The minimum atomic E-state index is -3.94. The fourth-order valence-corrected chi connectivity index (χ4v) is 4.23. The minimum absolute atomic E-state index is 0.0597. The number of nitrogens with one attached hydrogen (secondary N) is 2. The molecule has 0 bridgehead atoms. The third-order valence-corrected chi connectivity index (χ3v) is 6.21. The molecule has 1 amide bonds. The highest BCUT2D eigenvalue weighted by Gasteiger charge is 2.16. The Balaban J connectivity index is 1.29. The normalized spacial score (nSPS) is 11.3. The number of benzene rings is 3. The summed E-state index contributed by atoms with van der Waals surface area (Å²) in [5.74, 6) is -0.187. The Labute approximate surface area is 194 Å². The average molecular weight is 471 g/mol. The molecule has 9 nitrogen and oxygen atoms in total. The van der Waals surface area contributed by atoms with E-state index in [1.54, 1.807) is 54.6 Å². The summed E-state index contributed by atoms with van der Waals surface area (Å²) in [5, 5.41) is 13.3. The Kier molecular flexibility index (Phi) is 5.48. The molecule has 0 radical (unpaired) electrons. The van der Waals surface area contributed by atoms with Gasteiger partial charge in [0.05, 0.1) is 5.69 Å². The summed E-state index contributed by atoms with van der Waals surface area (Å²) >= 11 is 0. The van der Waals surface area contributed by atoms with E-state index in [1.807, 2.05) is 12.1 Å². The van der Waals surface area contributed by atoms with Gasteiger partial charge in [-0.2, -0.15) is 18.7 Å². The van der Waals surface area contributed by atoms with Crippen LogP contribution in [0.1, 0.15) is 10.4 Å². The third kappa shape index (κ3) is 4.48. The molecule has 0 saturated heterocycles. The van der Waals surface area contributed by atoms with Crippen molar-refractivity contribution in [1.29, 1.82) is 0 Å². The Morgan fingerprint density at radius 3 is 2.44 bits per heavy atom. The van der Waals surface area contributed by atoms with Crippen LogP contribution in [-0.2, 0) is 10.1 Å². The molecule has 0 unspecified atom stereocenters. The summed E-state index contributed by atoms with van der Waals surface area (Å²) in [5.41, 5.74) is 3.49.